The number of carbonyl (C=O) groups excluding carboxylic acids is 2. The molecule has 6 nitrogen and oxygen atoms in total. The van der Waals surface area contributed by atoms with Crippen molar-refractivity contribution in [2.45, 2.75) is 31.8 Å². The van der Waals surface area contributed by atoms with Gasteiger partial charge in [-0.1, -0.05) is 0 Å². The van der Waals surface area contributed by atoms with Crippen molar-refractivity contribution in [1.29, 1.82) is 0 Å². The maximum atomic E-state index is 11.5. The summed E-state index contributed by atoms with van der Waals surface area (Å²) in [6.07, 6.45) is 1.43. The molecule has 0 aromatic heterocycles. The van der Waals surface area contributed by atoms with Crippen LogP contribution < -0.4 is 16.9 Å². The van der Waals surface area contributed by atoms with Gasteiger partial charge in [0.1, 0.15) is 6.04 Å². The maximum absolute atomic E-state index is 11.5. The van der Waals surface area contributed by atoms with E-state index in [1.54, 1.807) is 6.92 Å². The number of nitrogens with zero attached hydrogens (tertiary/aromatic N) is 1. The van der Waals surface area contributed by atoms with Crippen LogP contribution in [-0.4, -0.2) is 35.5 Å². The second-order valence-corrected chi connectivity index (χ2v) is 3.50. The average molecular weight is 200 g/mol. The normalized spacial score (nSPS) is 24.4. The molecule has 2 unspecified atom stereocenters. The van der Waals surface area contributed by atoms with E-state index in [0.29, 0.717) is 13.0 Å². The van der Waals surface area contributed by atoms with Gasteiger partial charge in [-0.05, 0) is 19.8 Å². The predicted molar refractivity (Wildman–Crippen MR) is 50.7 cm³/mol. The summed E-state index contributed by atoms with van der Waals surface area (Å²) in [6.45, 7) is 2.18. The summed E-state index contributed by atoms with van der Waals surface area (Å²) in [4.78, 5) is 22.3. The zero-order chi connectivity index (χ0) is 10.7. The number of hydrazine groups is 1. The molecule has 0 bridgehead atoms. The Morgan fingerprint density at radius 1 is 1.57 bits per heavy atom. The zero-order valence-corrected chi connectivity index (χ0v) is 8.19. The molecule has 1 aliphatic heterocycles. The highest BCUT2D eigenvalue weighted by Gasteiger charge is 2.27. The minimum absolute atomic E-state index is 0.212. The smallest absolute Gasteiger partial charge is 0.253 e. The first-order valence-corrected chi connectivity index (χ1v) is 4.65. The molecule has 2 amide bonds. The van der Waals surface area contributed by atoms with Crippen molar-refractivity contribution in [3.8, 4) is 0 Å². The van der Waals surface area contributed by atoms with E-state index in [-0.39, 0.29) is 5.91 Å². The Bertz CT molecular complexity index is 241. The summed E-state index contributed by atoms with van der Waals surface area (Å²) < 4.78 is 0. The number of nitrogens with two attached hydrogens (primary N) is 2. The molecular formula is C8H16N4O2. The summed E-state index contributed by atoms with van der Waals surface area (Å²) in [5.41, 5.74) is 13.3. The lowest BCUT2D eigenvalue weighted by Crippen LogP contribution is -2.59. The fraction of sp³-hybridized carbons (Fsp3) is 0.750. The molecule has 1 heterocycles. The van der Waals surface area contributed by atoms with E-state index in [1.807, 2.05) is 0 Å². The molecule has 0 aromatic carbocycles. The Balaban J connectivity index is 2.56. The summed E-state index contributed by atoms with van der Waals surface area (Å²) in [5, 5.41) is 1.38. The van der Waals surface area contributed by atoms with Crippen LogP contribution in [0.25, 0.3) is 0 Å². The molecule has 6 heteroatoms. The quantitative estimate of drug-likeness (QED) is 0.495. The topological polar surface area (TPSA) is 101 Å². The number of carbonyl (C=O) groups is 2. The summed E-state index contributed by atoms with van der Waals surface area (Å²) in [6, 6.07) is -1.01. The number of amides is 2. The van der Waals surface area contributed by atoms with E-state index < -0.39 is 18.0 Å². The van der Waals surface area contributed by atoms with E-state index in [9.17, 15) is 9.59 Å². The summed E-state index contributed by atoms with van der Waals surface area (Å²) in [5.74, 6) is -0.650. The van der Waals surface area contributed by atoms with Crippen molar-refractivity contribution in [2.24, 2.45) is 11.5 Å². The van der Waals surface area contributed by atoms with Crippen LogP contribution in [0.2, 0.25) is 0 Å². The molecule has 1 fully saturated rings. The molecule has 1 rings (SSSR count). The molecule has 14 heavy (non-hydrogen) atoms. The fourth-order valence-electron chi connectivity index (χ4n) is 1.40. The van der Waals surface area contributed by atoms with Crippen LogP contribution in [-0.2, 0) is 9.59 Å². The van der Waals surface area contributed by atoms with Crippen LogP contribution in [0.4, 0.5) is 0 Å². The van der Waals surface area contributed by atoms with Gasteiger partial charge in [-0.2, -0.15) is 0 Å². The van der Waals surface area contributed by atoms with Crippen LogP contribution >= 0.6 is 0 Å². The lowest BCUT2D eigenvalue weighted by atomic mass is 10.1. The van der Waals surface area contributed by atoms with Gasteiger partial charge < -0.3 is 11.5 Å². The van der Waals surface area contributed by atoms with Crippen molar-refractivity contribution < 1.29 is 9.59 Å². The summed E-state index contributed by atoms with van der Waals surface area (Å²) >= 11 is 0. The van der Waals surface area contributed by atoms with E-state index in [1.165, 1.54) is 5.01 Å². The molecule has 80 valence electrons. The second kappa shape index (κ2) is 4.39. The number of hydrogen-bond donors (Lipinski definition) is 3. The molecule has 0 aliphatic carbocycles. The highest BCUT2D eigenvalue weighted by atomic mass is 16.2. The van der Waals surface area contributed by atoms with Crippen LogP contribution in [0.5, 0.6) is 0 Å². The monoisotopic (exact) mass is 200 g/mol. The van der Waals surface area contributed by atoms with Crippen LogP contribution in [0.1, 0.15) is 19.8 Å². The first-order chi connectivity index (χ1) is 6.52. The Hall–Kier alpha value is -1.14. The van der Waals surface area contributed by atoms with E-state index in [4.69, 9.17) is 11.5 Å². The second-order valence-electron chi connectivity index (χ2n) is 3.50. The average Bonchev–Trinajstić information content (AvgIpc) is 2.16. The predicted octanol–water partition coefficient (Wildman–Crippen LogP) is -1.69. The van der Waals surface area contributed by atoms with Gasteiger partial charge in [-0.3, -0.25) is 14.6 Å². The van der Waals surface area contributed by atoms with Gasteiger partial charge in [-0.15, -0.1) is 0 Å². The molecule has 0 spiro atoms. The molecule has 1 aliphatic rings. The molecule has 1 saturated heterocycles. The Morgan fingerprint density at radius 3 is 2.71 bits per heavy atom. The van der Waals surface area contributed by atoms with Gasteiger partial charge in [-0.25, -0.2) is 5.43 Å². The third-order valence-corrected chi connectivity index (χ3v) is 2.19. The van der Waals surface area contributed by atoms with Crippen LogP contribution in [0, 0.1) is 0 Å². The number of rotatable bonds is 2. The highest BCUT2D eigenvalue weighted by molar-refractivity contribution is 5.83. The lowest BCUT2D eigenvalue weighted by Gasteiger charge is -2.33. The van der Waals surface area contributed by atoms with Crippen molar-refractivity contribution in [3.05, 3.63) is 0 Å². The van der Waals surface area contributed by atoms with Crippen LogP contribution in [0.15, 0.2) is 0 Å². The van der Waals surface area contributed by atoms with Gasteiger partial charge in [0.2, 0.25) is 5.91 Å². The Labute approximate surface area is 82.6 Å². The standard InChI is InChI=1S/C8H16N4O2/c1-5(9)8(14)12-4-2-3-6(11-12)7(10)13/h5-6,11H,2-4,9H2,1H3,(H2,10,13). The SMILES string of the molecule is CC(N)C(=O)N1CCCC(C(N)=O)N1. The first-order valence-electron chi connectivity index (χ1n) is 4.65. The number of nitrogens with one attached hydrogen (secondary N) is 1. The van der Waals surface area contributed by atoms with Crippen molar-refractivity contribution in [3.63, 3.8) is 0 Å². The lowest BCUT2D eigenvalue weighted by molar-refractivity contribution is -0.139. The van der Waals surface area contributed by atoms with E-state index >= 15 is 0 Å². The molecule has 0 radical (unpaired) electrons. The van der Waals surface area contributed by atoms with Crippen molar-refractivity contribution in [2.75, 3.05) is 6.54 Å². The third-order valence-electron chi connectivity index (χ3n) is 2.19. The minimum Gasteiger partial charge on any atom is -0.368 e. The van der Waals surface area contributed by atoms with Crippen molar-refractivity contribution >= 4 is 11.8 Å². The van der Waals surface area contributed by atoms with Crippen LogP contribution in [0.3, 0.4) is 0 Å². The molecular weight excluding hydrogens is 184 g/mol. The van der Waals surface area contributed by atoms with E-state index in [0.717, 1.165) is 6.42 Å². The largest absolute Gasteiger partial charge is 0.368 e. The van der Waals surface area contributed by atoms with E-state index in [2.05, 4.69) is 5.43 Å². The minimum atomic E-state index is -0.561. The Morgan fingerprint density at radius 2 is 2.21 bits per heavy atom. The highest BCUT2D eigenvalue weighted by Crippen LogP contribution is 2.07. The van der Waals surface area contributed by atoms with Gasteiger partial charge >= 0.3 is 0 Å². The fourth-order valence-corrected chi connectivity index (χ4v) is 1.40. The maximum Gasteiger partial charge on any atom is 0.253 e. The molecule has 2 atom stereocenters. The van der Waals surface area contributed by atoms with Gasteiger partial charge in [0, 0.05) is 6.54 Å². The first kappa shape index (κ1) is 10.9. The summed E-state index contributed by atoms with van der Waals surface area (Å²) in [7, 11) is 0. The molecule has 5 N–H and O–H groups in total. The van der Waals surface area contributed by atoms with Gasteiger partial charge in [0.05, 0.1) is 6.04 Å². The molecule has 0 aromatic rings. The van der Waals surface area contributed by atoms with Crippen molar-refractivity contribution in [1.82, 2.24) is 10.4 Å². The van der Waals surface area contributed by atoms with Gasteiger partial charge in [0.25, 0.3) is 5.91 Å². The number of hydrogen-bond acceptors (Lipinski definition) is 4. The third kappa shape index (κ3) is 2.43. The van der Waals surface area contributed by atoms with Gasteiger partial charge in [0.15, 0.2) is 0 Å². The zero-order valence-electron chi connectivity index (χ0n) is 8.19. The molecule has 0 saturated carbocycles. The Kier molecular flexibility index (Phi) is 3.43. The number of primary amides is 1.